The number of hydrogen-bond donors (Lipinski definition) is 0. The Kier molecular flexibility index (Phi) is 4.57. The normalized spacial score (nSPS) is 17.3. The molecule has 2 heterocycles. The molecule has 0 atom stereocenters. The molecule has 0 N–H and O–H groups in total. The van der Waals surface area contributed by atoms with Crippen LogP contribution in [0.5, 0.6) is 0 Å². The molecule has 19 heavy (non-hydrogen) atoms. The number of methoxy groups -OCH3 is 1. The minimum Gasteiger partial charge on any atom is -0.380 e. The third-order valence-corrected chi connectivity index (χ3v) is 5.28. The van der Waals surface area contributed by atoms with Crippen LogP contribution in [0.1, 0.15) is 6.42 Å². The molecule has 5 nitrogen and oxygen atoms in total. The molecule has 0 radical (unpaired) electrons. The number of hydrogen-bond acceptors (Lipinski definition) is 4. The summed E-state index contributed by atoms with van der Waals surface area (Å²) < 4.78 is 31.3. The first-order valence-electron chi connectivity index (χ1n) is 5.82. The van der Waals surface area contributed by atoms with Gasteiger partial charge in [0.05, 0.1) is 11.6 Å². The van der Waals surface area contributed by atoms with Crippen molar-refractivity contribution in [2.24, 2.45) is 0 Å². The molecular weight excluding hydrogens is 288 g/mol. The Bertz CT molecular complexity index is 586. The molecule has 0 saturated heterocycles. The van der Waals surface area contributed by atoms with E-state index in [0.29, 0.717) is 26.1 Å². The van der Waals surface area contributed by atoms with Crippen molar-refractivity contribution in [3.8, 4) is 0 Å². The monoisotopic (exact) mass is 302 g/mol. The highest BCUT2D eigenvalue weighted by atomic mass is 35.5. The van der Waals surface area contributed by atoms with E-state index in [1.54, 1.807) is 7.11 Å². The second-order valence-corrected chi connectivity index (χ2v) is 6.53. The van der Waals surface area contributed by atoms with Crippen molar-refractivity contribution < 1.29 is 13.2 Å². The smallest absolute Gasteiger partial charge is 0.246 e. The van der Waals surface area contributed by atoms with Crippen LogP contribution in [-0.4, -0.2) is 44.5 Å². The highest BCUT2D eigenvalue weighted by Gasteiger charge is 2.28. The van der Waals surface area contributed by atoms with Crippen LogP contribution in [0.25, 0.3) is 0 Å². The summed E-state index contributed by atoms with van der Waals surface area (Å²) in [6.07, 6.45) is 5.31. The Morgan fingerprint density at radius 3 is 2.89 bits per heavy atom. The first-order chi connectivity index (χ1) is 9.05. The van der Waals surface area contributed by atoms with Gasteiger partial charge < -0.3 is 4.74 Å². The van der Waals surface area contributed by atoms with Gasteiger partial charge in [-0.2, -0.15) is 4.31 Å². The predicted octanol–water partition coefficient (Wildman–Crippen LogP) is 1.70. The van der Waals surface area contributed by atoms with Gasteiger partial charge in [-0.15, -0.1) is 0 Å². The van der Waals surface area contributed by atoms with Crippen LogP contribution in [-0.2, 0) is 14.8 Å². The topological polar surface area (TPSA) is 59.5 Å². The van der Waals surface area contributed by atoms with Gasteiger partial charge in [0.15, 0.2) is 0 Å². The van der Waals surface area contributed by atoms with E-state index in [1.165, 1.54) is 22.8 Å². The van der Waals surface area contributed by atoms with E-state index < -0.39 is 10.0 Å². The maximum atomic E-state index is 12.4. The minimum absolute atomic E-state index is 0.0558. The molecular formula is C12H15ClN2O3S. The molecule has 0 unspecified atom stereocenters. The summed E-state index contributed by atoms with van der Waals surface area (Å²) in [6, 6.07) is 1.48. The Hall–Kier alpha value is -0.950. The van der Waals surface area contributed by atoms with Gasteiger partial charge in [-0.25, -0.2) is 8.42 Å². The SMILES string of the molecule is COCC1=CCN(S(=O)(=O)c2cnccc2Cl)CC1. The number of rotatable bonds is 4. The lowest BCUT2D eigenvalue weighted by molar-refractivity contribution is 0.219. The van der Waals surface area contributed by atoms with E-state index in [-0.39, 0.29) is 9.92 Å². The Balaban J connectivity index is 2.21. The van der Waals surface area contributed by atoms with Crippen molar-refractivity contribution in [1.29, 1.82) is 0 Å². The average Bonchev–Trinajstić information content (AvgIpc) is 2.40. The second kappa shape index (κ2) is 6.00. The Morgan fingerprint density at radius 2 is 2.32 bits per heavy atom. The molecule has 1 aromatic rings. The van der Waals surface area contributed by atoms with Gasteiger partial charge in [-0.1, -0.05) is 17.7 Å². The molecule has 0 aliphatic carbocycles. The summed E-state index contributed by atoms with van der Waals surface area (Å²) in [5.74, 6) is 0. The molecule has 1 aromatic heterocycles. The predicted molar refractivity (Wildman–Crippen MR) is 72.6 cm³/mol. The summed E-state index contributed by atoms with van der Waals surface area (Å²) in [7, 11) is -1.95. The molecule has 7 heteroatoms. The van der Waals surface area contributed by atoms with Crippen LogP contribution in [0.2, 0.25) is 5.02 Å². The number of aromatic nitrogens is 1. The molecule has 1 aliphatic rings. The Labute approximate surface area is 117 Å². The van der Waals surface area contributed by atoms with Crippen LogP contribution >= 0.6 is 11.6 Å². The van der Waals surface area contributed by atoms with Crippen molar-refractivity contribution in [3.63, 3.8) is 0 Å². The third-order valence-electron chi connectivity index (χ3n) is 2.95. The highest BCUT2D eigenvalue weighted by molar-refractivity contribution is 7.89. The van der Waals surface area contributed by atoms with Crippen molar-refractivity contribution in [3.05, 3.63) is 35.1 Å². The number of sulfonamides is 1. The fraction of sp³-hybridized carbons (Fsp3) is 0.417. The van der Waals surface area contributed by atoms with Crippen LogP contribution in [0, 0.1) is 0 Å². The van der Waals surface area contributed by atoms with E-state index in [2.05, 4.69) is 4.98 Å². The quantitative estimate of drug-likeness (QED) is 0.794. The fourth-order valence-corrected chi connectivity index (χ4v) is 3.71. The van der Waals surface area contributed by atoms with Crippen molar-refractivity contribution in [2.45, 2.75) is 11.3 Å². The summed E-state index contributed by atoms with van der Waals surface area (Å²) in [4.78, 5) is 3.88. The fourth-order valence-electron chi connectivity index (χ4n) is 1.92. The Morgan fingerprint density at radius 1 is 1.53 bits per heavy atom. The molecule has 2 rings (SSSR count). The summed E-state index contributed by atoms with van der Waals surface area (Å²) in [5, 5.41) is 0.196. The van der Waals surface area contributed by atoms with Crippen LogP contribution in [0.3, 0.4) is 0 Å². The summed E-state index contributed by atoms with van der Waals surface area (Å²) in [5.41, 5.74) is 1.12. The molecule has 0 spiro atoms. The van der Waals surface area contributed by atoms with E-state index in [0.717, 1.165) is 5.57 Å². The van der Waals surface area contributed by atoms with Gasteiger partial charge in [0.1, 0.15) is 4.90 Å². The molecule has 104 valence electrons. The first kappa shape index (κ1) is 14.5. The lowest BCUT2D eigenvalue weighted by Crippen LogP contribution is -2.35. The second-order valence-electron chi connectivity index (χ2n) is 4.21. The van der Waals surface area contributed by atoms with E-state index >= 15 is 0 Å². The van der Waals surface area contributed by atoms with Gasteiger partial charge in [-0.3, -0.25) is 4.98 Å². The van der Waals surface area contributed by atoms with E-state index in [1.807, 2.05) is 6.08 Å². The van der Waals surface area contributed by atoms with E-state index in [4.69, 9.17) is 16.3 Å². The van der Waals surface area contributed by atoms with Gasteiger partial charge >= 0.3 is 0 Å². The van der Waals surface area contributed by atoms with Gasteiger partial charge in [0, 0.05) is 32.6 Å². The zero-order valence-electron chi connectivity index (χ0n) is 10.5. The highest BCUT2D eigenvalue weighted by Crippen LogP contribution is 2.25. The standard InChI is InChI=1S/C12H15ClN2O3S/c1-18-9-10-3-6-15(7-4-10)19(16,17)12-8-14-5-2-11(12)13/h2-3,5,8H,4,6-7,9H2,1H3. The minimum atomic E-state index is -3.58. The van der Waals surface area contributed by atoms with Crippen LogP contribution in [0.15, 0.2) is 35.0 Å². The zero-order valence-corrected chi connectivity index (χ0v) is 12.1. The van der Waals surface area contributed by atoms with Crippen molar-refractivity contribution in [1.82, 2.24) is 9.29 Å². The molecule has 0 saturated carbocycles. The van der Waals surface area contributed by atoms with Crippen molar-refractivity contribution in [2.75, 3.05) is 26.8 Å². The molecule has 0 aromatic carbocycles. The zero-order chi connectivity index (χ0) is 13.9. The number of nitrogens with zero attached hydrogens (tertiary/aromatic N) is 2. The largest absolute Gasteiger partial charge is 0.380 e. The van der Waals surface area contributed by atoms with Crippen molar-refractivity contribution >= 4 is 21.6 Å². The lowest BCUT2D eigenvalue weighted by atomic mass is 10.1. The lowest BCUT2D eigenvalue weighted by Gasteiger charge is -2.25. The molecule has 1 aliphatic heterocycles. The summed E-state index contributed by atoms with van der Waals surface area (Å²) >= 11 is 5.93. The summed E-state index contributed by atoms with van der Waals surface area (Å²) in [6.45, 7) is 1.32. The maximum Gasteiger partial charge on any atom is 0.246 e. The molecule has 0 bridgehead atoms. The number of halogens is 1. The third kappa shape index (κ3) is 3.14. The molecule has 0 fully saturated rings. The molecule has 0 amide bonds. The van der Waals surface area contributed by atoms with Gasteiger partial charge in [-0.05, 0) is 18.1 Å². The maximum absolute atomic E-state index is 12.4. The number of ether oxygens (including phenoxy) is 1. The van der Waals surface area contributed by atoms with Crippen LogP contribution < -0.4 is 0 Å². The first-order valence-corrected chi connectivity index (χ1v) is 7.64. The van der Waals surface area contributed by atoms with Gasteiger partial charge in [0.25, 0.3) is 0 Å². The van der Waals surface area contributed by atoms with E-state index in [9.17, 15) is 8.42 Å². The van der Waals surface area contributed by atoms with Crippen LogP contribution in [0.4, 0.5) is 0 Å². The average molecular weight is 303 g/mol. The number of pyridine rings is 1. The van der Waals surface area contributed by atoms with Gasteiger partial charge in [0.2, 0.25) is 10.0 Å².